The minimum Gasteiger partial charge on any atom is -0.343 e. The Morgan fingerprint density at radius 2 is 2.00 bits per heavy atom. The molecule has 0 bridgehead atoms. The van der Waals surface area contributed by atoms with Crippen molar-refractivity contribution in [1.82, 2.24) is 14.9 Å². The molecule has 1 saturated carbocycles. The predicted octanol–water partition coefficient (Wildman–Crippen LogP) is 4.65. The average Bonchev–Trinajstić information content (AvgIpc) is 3.41. The predicted molar refractivity (Wildman–Crippen MR) is 109 cm³/mol. The van der Waals surface area contributed by atoms with Gasteiger partial charge in [-0.15, -0.1) is 11.3 Å². The lowest BCUT2D eigenvalue weighted by Gasteiger charge is -2.19. The van der Waals surface area contributed by atoms with Crippen LogP contribution in [0.2, 0.25) is 0 Å². The number of rotatable bonds is 6. The number of hydrogen-bond donors (Lipinski definition) is 0. The monoisotopic (exact) mass is 389 g/mol. The highest BCUT2D eigenvalue weighted by molar-refractivity contribution is 8.00. The summed E-state index contributed by atoms with van der Waals surface area (Å²) in [5, 5.41) is 2.29. The quantitative estimate of drug-likeness (QED) is 0.533. The molecule has 2 aromatic rings. The number of thiophene rings is 1. The normalized spacial score (nSPS) is 19.6. The van der Waals surface area contributed by atoms with Gasteiger partial charge >= 0.3 is 0 Å². The first-order chi connectivity index (χ1) is 12.6. The van der Waals surface area contributed by atoms with Gasteiger partial charge in [0, 0.05) is 29.3 Å². The Morgan fingerprint density at radius 3 is 2.69 bits per heavy atom. The van der Waals surface area contributed by atoms with Crippen molar-refractivity contribution >= 4 is 39.2 Å². The molecular weight excluding hydrogens is 362 g/mol. The summed E-state index contributed by atoms with van der Waals surface area (Å²) < 4.78 is 0. The third kappa shape index (κ3) is 3.50. The summed E-state index contributed by atoms with van der Waals surface area (Å²) in [5.41, 5.74) is 1.46. The van der Waals surface area contributed by atoms with Crippen LogP contribution < -0.4 is 0 Å². The molecule has 0 spiro atoms. The summed E-state index contributed by atoms with van der Waals surface area (Å²) in [7, 11) is 0. The largest absolute Gasteiger partial charge is 0.343 e. The van der Waals surface area contributed by atoms with Gasteiger partial charge in [-0.1, -0.05) is 18.7 Å². The second-order valence-electron chi connectivity index (χ2n) is 7.55. The van der Waals surface area contributed by atoms with E-state index in [1.165, 1.54) is 35.1 Å². The Labute approximate surface area is 163 Å². The highest BCUT2D eigenvalue weighted by Crippen LogP contribution is 2.44. The van der Waals surface area contributed by atoms with Crippen molar-refractivity contribution in [3.63, 3.8) is 0 Å². The second kappa shape index (κ2) is 7.47. The van der Waals surface area contributed by atoms with Crippen molar-refractivity contribution in [2.24, 2.45) is 5.92 Å². The Morgan fingerprint density at radius 1 is 1.23 bits per heavy atom. The van der Waals surface area contributed by atoms with Gasteiger partial charge in [0.25, 0.3) is 0 Å². The molecular formula is C20H27N3OS2. The maximum Gasteiger partial charge on any atom is 0.232 e. The molecule has 2 aliphatic carbocycles. The molecule has 2 aromatic heterocycles. The van der Waals surface area contributed by atoms with Crippen molar-refractivity contribution < 1.29 is 4.79 Å². The number of carbonyl (C=O) groups excluding carboxylic acids is 1. The Kier molecular flexibility index (Phi) is 5.24. The fraction of sp³-hybridized carbons (Fsp3) is 0.650. The van der Waals surface area contributed by atoms with Gasteiger partial charge < -0.3 is 4.90 Å². The molecule has 2 aliphatic rings. The molecule has 0 aromatic carbocycles. The highest BCUT2D eigenvalue weighted by atomic mass is 32.2. The number of aryl methyl sites for hydroxylation is 1. The Bertz CT molecular complexity index is 824. The standard InChI is InChI=1S/C20H27N3OS2/c1-4-23(5-2)16(24)11-25-19-17-14-9-6-12(3)10-15(14)26-20(17)22-18(21-19)13-7-8-13/h12-13H,4-11H2,1-3H3. The van der Waals surface area contributed by atoms with Crippen molar-refractivity contribution in [1.29, 1.82) is 0 Å². The van der Waals surface area contributed by atoms with Gasteiger partial charge in [-0.05, 0) is 57.4 Å². The van der Waals surface area contributed by atoms with Crippen LogP contribution in [0.25, 0.3) is 10.2 Å². The first-order valence-corrected chi connectivity index (χ1v) is 11.6. The molecule has 1 amide bonds. The zero-order valence-corrected chi connectivity index (χ0v) is 17.5. The summed E-state index contributed by atoms with van der Waals surface area (Å²) in [5.74, 6) is 2.97. The summed E-state index contributed by atoms with van der Waals surface area (Å²) >= 11 is 3.49. The lowest BCUT2D eigenvalue weighted by molar-refractivity contribution is -0.127. The van der Waals surface area contributed by atoms with Crippen molar-refractivity contribution in [2.75, 3.05) is 18.8 Å². The van der Waals surface area contributed by atoms with Crippen LogP contribution in [0.3, 0.4) is 0 Å². The van der Waals surface area contributed by atoms with E-state index in [1.807, 2.05) is 30.1 Å². The van der Waals surface area contributed by atoms with E-state index in [-0.39, 0.29) is 5.91 Å². The van der Waals surface area contributed by atoms with Crippen LogP contribution in [0, 0.1) is 5.92 Å². The van der Waals surface area contributed by atoms with E-state index in [0.29, 0.717) is 11.7 Å². The van der Waals surface area contributed by atoms with Gasteiger partial charge in [-0.3, -0.25) is 4.79 Å². The third-order valence-corrected chi connectivity index (χ3v) is 7.64. The summed E-state index contributed by atoms with van der Waals surface area (Å²) in [6.07, 6.45) is 5.94. The van der Waals surface area contributed by atoms with Crippen LogP contribution in [-0.2, 0) is 17.6 Å². The van der Waals surface area contributed by atoms with Gasteiger partial charge in [-0.2, -0.15) is 0 Å². The number of fused-ring (bicyclic) bond motifs is 3. The minimum absolute atomic E-state index is 0.206. The van der Waals surface area contributed by atoms with Crippen molar-refractivity contribution in [3.8, 4) is 0 Å². The van der Waals surface area contributed by atoms with Crippen LogP contribution in [0.4, 0.5) is 0 Å². The topological polar surface area (TPSA) is 46.1 Å². The number of amides is 1. The molecule has 1 atom stereocenters. The molecule has 0 radical (unpaired) electrons. The Balaban J connectivity index is 1.68. The van der Waals surface area contributed by atoms with Gasteiger partial charge in [0.1, 0.15) is 15.7 Å². The summed E-state index contributed by atoms with van der Waals surface area (Å²) in [4.78, 5) is 26.9. The van der Waals surface area contributed by atoms with Crippen molar-refractivity contribution in [3.05, 3.63) is 16.3 Å². The zero-order valence-electron chi connectivity index (χ0n) is 15.9. The zero-order chi connectivity index (χ0) is 18.3. The van der Waals surface area contributed by atoms with E-state index >= 15 is 0 Å². The van der Waals surface area contributed by atoms with Crippen LogP contribution >= 0.6 is 23.1 Å². The summed E-state index contributed by atoms with van der Waals surface area (Å²) in [6, 6.07) is 0. The van der Waals surface area contributed by atoms with E-state index in [2.05, 4.69) is 6.92 Å². The van der Waals surface area contributed by atoms with Gasteiger partial charge in [0.2, 0.25) is 5.91 Å². The van der Waals surface area contributed by atoms with Crippen LogP contribution in [0.5, 0.6) is 0 Å². The number of thioether (sulfide) groups is 1. The first-order valence-electron chi connectivity index (χ1n) is 9.83. The first kappa shape index (κ1) is 18.2. The summed E-state index contributed by atoms with van der Waals surface area (Å²) in [6.45, 7) is 7.96. The van der Waals surface area contributed by atoms with Gasteiger partial charge in [0.05, 0.1) is 5.75 Å². The third-order valence-electron chi connectivity index (χ3n) is 5.53. The van der Waals surface area contributed by atoms with E-state index in [0.717, 1.165) is 47.5 Å². The smallest absolute Gasteiger partial charge is 0.232 e. The van der Waals surface area contributed by atoms with E-state index in [9.17, 15) is 4.79 Å². The highest BCUT2D eigenvalue weighted by Gasteiger charge is 2.30. The van der Waals surface area contributed by atoms with E-state index < -0.39 is 0 Å². The average molecular weight is 390 g/mol. The van der Waals surface area contributed by atoms with Crippen molar-refractivity contribution in [2.45, 2.75) is 63.8 Å². The van der Waals surface area contributed by atoms with E-state index in [1.54, 1.807) is 11.8 Å². The fourth-order valence-electron chi connectivity index (χ4n) is 3.75. The van der Waals surface area contributed by atoms with E-state index in [4.69, 9.17) is 9.97 Å². The molecule has 140 valence electrons. The molecule has 1 fully saturated rings. The maximum atomic E-state index is 12.5. The lowest BCUT2D eigenvalue weighted by atomic mass is 9.89. The van der Waals surface area contributed by atoms with Crippen LogP contribution in [-0.4, -0.2) is 39.6 Å². The SMILES string of the molecule is CCN(CC)C(=O)CSc1nc(C2CC2)nc2sc3c(c12)CCC(C)C3. The molecule has 1 unspecified atom stereocenters. The molecule has 0 aliphatic heterocycles. The van der Waals surface area contributed by atoms with Gasteiger partial charge in [-0.25, -0.2) is 9.97 Å². The Hall–Kier alpha value is -1.14. The number of carbonyl (C=O) groups is 1. The van der Waals surface area contributed by atoms with Gasteiger partial charge in [0.15, 0.2) is 0 Å². The van der Waals surface area contributed by atoms with Crippen LogP contribution in [0.1, 0.15) is 62.2 Å². The second-order valence-corrected chi connectivity index (χ2v) is 9.60. The maximum absolute atomic E-state index is 12.5. The fourth-order valence-corrected chi connectivity index (χ4v) is 6.17. The number of hydrogen-bond acceptors (Lipinski definition) is 5. The number of nitrogens with zero attached hydrogens (tertiary/aromatic N) is 3. The molecule has 26 heavy (non-hydrogen) atoms. The number of aromatic nitrogens is 2. The lowest BCUT2D eigenvalue weighted by Crippen LogP contribution is -2.31. The molecule has 4 nitrogen and oxygen atoms in total. The molecule has 4 rings (SSSR count). The van der Waals surface area contributed by atoms with Crippen LogP contribution in [0.15, 0.2) is 5.03 Å². The molecule has 0 saturated heterocycles. The molecule has 2 heterocycles. The molecule has 0 N–H and O–H groups in total. The molecule has 6 heteroatoms. The minimum atomic E-state index is 0.206.